The molecule has 0 fully saturated rings. The van der Waals surface area contributed by atoms with Gasteiger partial charge in [0.2, 0.25) is 0 Å². The SMILES string of the molecule is CCCCCCCC(CCCCCCCCO)OC(C)=O. The first-order valence-corrected chi connectivity index (χ1v) is 8.98. The maximum absolute atomic E-state index is 11.2. The Morgan fingerprint density at radius 3 is 1.81 bits per heavy atom. The number of rotatable bonds is 15. The zero-order valence-corrected chi connectivity index (χ0v) is 14.2. The molecule has 3 nitrogen and oxygen atoms in total. The molecule has 0 aliphatic heterocycles. The average molecular weight is 300 g/mol. The third-order valence-electron chi connectivity index (χ3n) is 3.90. The fraction of sp³-hybridized carbons (Fsp3) is 0.944. The van der Waals surface area contributed by atoms with Gasteiger partial charge < -0.3 is 9.84 Å². The van der Waals surface area contributed by atoms with E-state index in [4.69, 9.17) is 9.84 Å². The largest absolute Gasteiger partial charge is 0.463 e. The van der Waals surface area contributed by atoms with Crippen molar-refractivity contribution in [2.45, 2.75) is 103 Å². The zero-order valence-electron chi connectivity index (χ0n) is 14.2. The normalized spacial score (nSPS) is 12.3. The van der Waals surface area contributed by atoms with Gasteiger partial charge in [0.15, 0.2) is 0 Å². The van der Waals surface area contributed by atoms with Crippen molar-refractivity contribution in [1.82, 2.24) is 0 Å². The number of carbonyl (C=O) groups is 1. The monoisotopic (exact) mass is 300 g/mol. The van der Waals surface area contributed by atoms with E-state index in [1.807, 2.05) is 0 Å². The molecular weight excluding hydrogens is 264 g/mol. The van der Waals surface area contributed by atoms with Gasteiger partial charge in [-0.15, -0.1) is 0 Å². The van der Waals surface area contributed by atoms with E-state index < -0.39 is 0 Å². The van der Waals surface area contributed by atoms with Crippen molar-refractivity contribution in [3.8, 4) is 0 Å². The number of ether oxygens (including phenoxy) is 1. The Kier molecular flexibility index (Phi) is 15.4. The molecule has 126 valence electrons. The minimum Gasteiger partial charge on any atom is -0.463 e. The number of aliphatic hydroxyl groups is 1. The van der Waals surface area contributed by atoms with Crippen molar-refractivity contribution in [1.29, 1.82) is 0 Å². The molecule has 1 N–H and O–H groups in total. The topological polar surface area (TPSA) is 46.5 Å². The molecule has 0 rings (SSSR count). The molecule has 0 amide bonds. The van der Waals surface area contributed by atoms with Gasteiger partial charge in [0.05, 0.1) is 0 Å². The minimum atomic E-state index is -0.142. The lowest BCUT2D eigenvalue weighted by Gasteiger charge is -2.17. The molecule has 0 aromatic heterocycles. The number of carbonyl (C=O) groups excluding carboxylic acids is 1. The molecule has 0 radical (unpaired) electrons. The van der Waals surface area contributed by atoms with Gasteiger partial charge in [-0.05, 0) is 32.1 Å². The Balaban J connectivity index is 3.63. The van der Waals surface area contributed by atoms with Crippen LogP contribution >= 0.6 is 0 Å². The summed E-state index contributed by atoms with van der Waals surface area (Å²) >= 11 is 0. The number of esters is 1. The average Bonchev–Trinajstić information content (AvgIpc) is 2.45. The van der Waals surface area contributed by atoms with Crippen LogP contribution in [-0.2, 0) is 9.53 Å². The maximum Gasteiger partial charge on any atom is 0.302 e. The van der Waals surface area contributed by atoms with Crippen LogP contribution in [-0.4, -0.2) is 23.8 Å². The summed E-state index contributed by atoms with van der Waals surface area (Å²) in [7, 11) is 0. The van der Waals surface area contributed by atoms with E-state index in [0.717, 1.165) is 32.1 Å². The number of aliphatic hydroxyl groups excluding tert-OH is 1. The van der Waals surface area contributed by atoms with Crippen LogP contribution in [0, 0.1) is 0 Å². The maximum atomic E-state index is 11.2. The molecule has 0 aromatic rings. The van der Waals surface area contributed by atoms with E-state index in [9.17, 15) is 4.79 Å². The van der Waals surface area contributed by atoms with Gasteiger partial charge in [0.25, 0.3) is 0 Å². The lowest BCUT2D eigenvalue weighted by molar-refractivity contribution is -0.147. The highest BCUT2D eigenvalue weighted by molar-refractivity contribution is 5.66. The van der Waals surface area contributed by atoms with Crippen molar-refractivity contribution in [2.75, 3.05) is 6.61 Å². The molecule has 3 heteroatoms. The van der Waals surface area contributed by atoms with Gasteiger partial charge in [-0.1, -0.05) is 58.3 Å². The zero-order chi connectivity index (χ0) is 15.8. The summed E-state index contributed by atoms with van der Waals surface area (Å²) in [5.74, 6) is -0.142. The van der Waals surface area contributed by atoms with E-state index in [0.29, 0.717) is 6.61 Å². The number of hydrogen-bond donors (Lipinski definition) is 1. The van der Waals surface area contributed by atoms with E-state index in [2.05, 4.69) is 6.92 Å². The Labute approximate surface area is 131 Å². The minimum absolute atomic E-state index is 0.126. The highest BCUT2D eigenvalue weighted by Gasteiger charge is 2.11. The Hall–Kier alpha value is -0.570. The molecule has 0 spiro atoms. The molecular formula is C18H36O3. The van der Waals surface area contributed by atoms with Crippen molar-refractivity contribution in [3.63, 3.8) is 0 Å². The first-order valence-electron chi connectivity index (χ1n) is 8.98. The summed E-state index contributed by atoms with van der Waals surface area (Å²) < 4.78 is 5.43. The van der Waals surface area contributed by atoms with Crippen LogP contribution < -0.4 is 0 Å². The van der Waals surface area contributed by atoms with E-state index >= 15 is 0 Å². The van der Waals surface area contributed by atoms with Crippen LogP contribution in [0.5, 0.6) is 0 Å². The molecule has 1 unspecified atom stereocenters. The highest BCUT2D eigenvalue weighted by atomic mass is 16.5. The number of unbranched alkanes of at least 4 members (excludes halogenated alkanes) is 9. The Morgan fingerprint density at radius 2 is 1.33 bits per heavy atom. The molecule has 0 aliphatic carbocycles. The lowest BCUT2D eigenvalue weighted by Crippen LogP contribution is -2.16. The fourth-order valence-electron chi connectivity index (χ4n) is 2.66. The second-order valence-corrected chi connectivity index (χ2v) is 6.07. The van der Waals surface area contributed by atoms with Crippen molar-refractivity contribution >= 4 is 5.97 Å². The van der Waals surface area contributed by atoms with Crippen LogP contribution in [0.1, 0.15) is 97.3 Å². The van der Waals surface area contributed by atoms with Gasteiger partial charge in [0, 0.05) is 13.5 Å². The molecule has 0 saturated carbocycles. The third-order valence-corrected chi connectivity index (χ3v) is 3.90. The fourth-order valence-corrected chi connectivity index (χ4v) is 2.66. The second kappa shape index (κ2) is 15.8. The smallest absolute Gasteiger partial charge is 0.302 e. The van der Waals surface area contributed by atoms with E-state index in [-0.39, 0.29) is 12.1 Å². The highest BCUT2D eigenvalue weighted by Crippen LogP contribution is 2.16. The molecule has 0 saturated heterocycles. The summed E-state index contributed by atoms with van der Waals surface area (Å²) in [4.78, 5) is 11.2. The van der Waals surface area contributed by atoms with Crippen LogP contribution in [0.15, 0.2) is 0 Å². The van der Waals surface area contributed by atoms with Crippen LogP contribution in [0.25, 0.3) is 0 Å². The van der Waals surface area contributed by atoms with Crippen molar-refractivity contribution < 1.29 is 14.6 Å². The van der Waals surface area contributed by atoms with Crippen molar-refractivity contribution in [2.24, 2.45) is 0 Å². The van der Waals surface area contributed by atoms with Crippen LogP contribution in [0.2, 0.25) is 0 Å². The van der Waals surface area contributed by atoms with Crippen LogP contribution in [0.4, 0.5) is 0 Å². The predicted molar refractivity (Wildman–Crippen MR) is 88.3 cm³/mol. The predicted octanol–water partition coefficient (Wildman–Crippen LogP) is 5.00. The van der Waals surface area contributed by atoms with Gasteiger partial charge in [-0.3, -0.25) is 4.79 Å². The van der Waals surface area contributed by atoms with Gasteiger partial charge >= 0.3 is 5.97 Å². The molecule has 0 aliphatic rings. The summed E-state index contributed by atoms with van der Waals surface area (Å²) in [5, 5.41) is 8.71. The first-order chi connectivity index (χ1) is 10.2. The Bertz CT molecular complexity index is 229. The third kappa shape index (κ3) is 15.6. The lowest BCUT2D eigenvalue weighted by atomic mass is 10.0. The van der Waals surface area contributed by atoms with Crippen LogP contribution in [0.3, 0.4) is 0 Å². The van der Waals surface area contributed by atoms with Gasteiger partial charge in [-0.2, -0.15) is 0 Å². The first kappa shape index (κ1) is 20.4. The molecule has 0 heterocycles. The van der Waals surface area contributed by atoms with Gasteiger partial charge in [-0.25, -0.2) is 0 Å². The summed E-state index contributed by atoms with van der Waals surface area (Å²) in [5.41, 5.74) is 0. The van der Waals surface area contributed by atoms with E-state index in [1.54, 1.807) is 0 Å². The van der Waals surface area contributed by atoms with Crippen molar-refractivity contribution in [3.05, 3.63) is 0 Å². The number of hydrogen-bond acceptors (Lipinski definition) is 3. The molecule has 21 heavy (non-hydrogen) atoms. The Morgan fingerprint density at radius 1 is 0.857 bits per heavy atom. The van der Waals surface area contributed by atoms with E-state index in [1.165, 1.54) is 58.3 Å². The molecule has 0 aromatic carbocycles. The second-order valence-electron chi connectivity index (χ2n) is 6.07. The summed E-state index contributed by atoms with van der Waals surface area (Å²) in [6.45, 7) is 4.05. The summed E-state index contributed by atoms with van der Waals surface area (Å²) in [6.07, 6.45) is 15.3. The van der Waals surface area contributed by atoms with Gasteiger partial charge in [0.1, 0.15) is 6.10 Å². The molecule has 0 bridgehead atoms. The molecule has 1 atom stereocenters. The standard InChI is InChI=1S/C18H36O3/c1-3-4-5-8-11-14-18(21-17(2)20)15-12-9-6-7-10-13-16-19/h18-19H,3-16H2,1-2H3. The summed E-state index contributed by atoms with van der Waals surface area (Å²) in [6, 6.07) is 0. The quantitative estimate of drug-likeness (QED) is 0.342.